The van der Waals surface area contributed by atoms with Crippen molar-refractivity contribution in [3.8, 4) is 6.07 Å². The predicted molar refractivity (Wildman–Crippen MR) is 126 cm³/mol. The fourth-order valence-corrected chi connectivity index (χ4v) is 4.03. The van der Waals surface area contributed by atoms with Crippen LogP contribution in [0.1, 0.15) is 39.2 Å². The molecule has 180 valence electrons. The smallest absolute Gasteiger partial charge is 0.464 e. The summed E-state index contributed by atoms with van der Waals surface area (Å²) in [5, 5.41) is 32.3. The molecule has 1 fully saturated rings. The first kappa shape index (κ1) is 25.3. The normalized spacial score (nSPS) is 17.4. The molecule has 0 bridgehead atoms. The number of nitriles is 1. The summed E-state index contributed by atoms with van der Waals surface area (Å²) in [6.45, 7) is 6.14. The number of nitrogens with zero attached hydrogens (tertiary/aromatic N) is 2. The minimum Gasteiger partial charge on any atom is -0.464 e. The Morgan fingerprint density at radius 2 is 2.12 bits per heavy atom. The summed E-state index contributed by atoms with van der Waals surface area (Å²) in [5.41, 5.74) is 1.12. The van der Waals surface area contributed by atoms with E-state index in [1.54, 1.807) is 17.0 Å². The van der Waals surface area contributed by atoms with E-state index in [0.717, 1.165) is 17.4 Å². The third-order valence-electron chi connectivity index (χ3n) is 5.64. The Morgan fingerprint density at radius 3 is 2.79 bits per heavy atom. The van der Waals surface area contributed by atoms with Gasteiger partial charge < -0.3 is 29.4 Å². The van der Waals surface area contributed by atoms with E-state index in [2.05, 4.69) is 5.32 Å². The number of furan rings is 1. The lowest BCUT2D eigenvalue weighted by Gasteiger charge is -2.25. The molecule has 34 heavy (non-hydrogen) atoms. The number of rotatable bonds is 7. The molecule has 1 aliphatic rings. The topological polar surface area (TPSA) is 136 Å². The molecule has 10 heteroatoms. The number of allylic oxidation sites excluding steroid dienone is 1. The molecular weight excluding hydrogens is 437 g/mol. The zero-order valence-corrected chi connectivity index (χ0v) is 19.7. The number of hydrogen-bond donors (Lipinski definition) is 3. The molecule has 0 aliphatic carbocycles. The molecule has 1 aromatic heterocycles. The molecule has 9 nitrogen and oxygen atoms in total. The number of benzene rings is 1. The van der Waals surface area contributed by atoms with Crippen molar-refractivity contribution in [1.29, 1.82) is 5.26 Å². The quantitative estimate of drug-likeness (QED) is 0.324. The number of amides is 2. The van der Waals surface area contributed by atoms with Crippen molar-refractivity contribution in [2.75, 3.05) is 13.2 Å². The number of hydrogen-bond acceptors (Lipinski definition) is 7. The Hall–Kier alpha value is -3.29. The van der Waals surface area contributed by atoms with Crippen LogP contribution in [0.3, 0.4) is 0 Å². The molecule has 1 saturated heterocycles. The summed E-state index contributed by atoms with van der Waals surface area (Å²) in [7, 11) is -1.81. The molecular formula is C24H30BN3O6. The molecule has 0 saturated carbocycles. The van der Waals surface area contributed by atoms with Gasteiger partial charge in [-0.1, -0.05) is 45.0 Å². The molecule has 2 heterocycles. The summed E-state index contributed by atoms with van der Waals surface area (Å²) in [6, 6.07) is 8.95. The first-order valence-corrected chi connectivity index (χ1v) is 11.3. The van der Waals surface area contributed by atoms with Crippen LogP contribution in [0.5, 0.6) is 0 Å². The third-order valence-corrected chi connectivity index (χ3v) is 5.64. The molecule has 2 amide bonds. The standard InChI is InChI=1S/C24H30BN3O6/c1-24(2,3)12-17(13-26)22(29)28-10-6-7-18(28)15-34-23(30)27-21(25(31)32)11-16-14-33-20-9-5-4-8-19(16)20/h4-5,8-9,12,14,18,21,31-32H,6-7,10-11,15H2,1-3H3,(H,27,30)/t18-,21?/m1/s1. The van der Waals surface area contributed by atoms with Crippen LogP contribution in [-0.4, -0.2) is 59.2 Å². The highest BCUT2D eigenvalue weighted by molar-refractivity contribution is 6.43. The fourth-order valence-electron chi connectivity index (χ4n) is 4.03. The number of para-hydroxylation sites is 1. The number of alkyl carbamates (subject to hydrolysis) is 1. The maximum absolute atomic E-state index is 12.9. The van der Waals surface area contributed by atoms with Crippen LogP contribution in [0, 0.1) is 16.7 Å². The highest BCUT2D eigenvalue weighted by Crippen LogP contribution is 2.24. The molecule has 0 spiro atoms. The minimum atomic E-state index is -1.81. The van der Waals surface area contributed by atoms with Gasteiger partial charge in [-0.2, -0.15) is 5.26 Å². The number of fused-ring (bicyclic) bond motifs is 1. The Bertz CT molecular complexity index is 1100. The second kappa shape index (κ2) is 10.8. The van der Waals surface area contributed by atoms with Gasteiger partial charge in [-0.25, -0.2) is 4.79 Å². The molecule has 3 rings (SSSR count). The Labute approximate surface area is 199 Å². The second-order valence-electron chi connectivity index (χ2n) is 9.55. The van der Waals surface area contributed by atoms with Crippen molar-refractivity contribution in [2.24, 2.45) is 5.41 Å². The average molecular weight is 467 g/mol. The van der Waals surface area contributed by atoms with E-state index in [9.17, 15) is 24.9 Å². The maximum atomic E-state index is 12.9. The van der Waals surface area contributed by atoms with Crippen LogP contribution in [-0.2, 0) is 16.0 Å². The molecule has 2 atom stereocenters. The summed E-state index contributed by atoms with van der Waals surface area (Å²) in [4.78, 5) is 26.8. The van der Waals surface area contributed by atoms with E-state index in [-0.39, 0.29) is 36.0 Å². The number of likely N-dealkylation sites (tertiary alicyclic amines) is 1. The summed E-state index contributed by atoms with van der Waals surface area (Å²) < 4.78 is 10.8. The van der Waals surface area contributed by atoms with Crippen molar-refractivity contribution in [1.82, 2.24) is 10.2 Å². The number of carbonyl (C=O) groups is 2. The van der Waals surface area contributed by atoms with Crippen LogP contribution in [0.2, 0.25) is 0 Å². The number of carbonyl (C=O) groups excluding carboxylic acids is 2. The molecule has 2 aromatic rings. The highest BCUT2D eigenvalue weighted by Gasteiger charge is 2.33. The zero-order chi connectivity index (χ0) is 24.9. The summed E-state index contributed by atoms with van der Waals surface area (Å²) >= 11 is 0. The van der Waals surface area contributed by atoms with E-state index < -0.39 is 19.2 Å². The van der Waals surface area contributed by atoms with Crippen molar-refractivity contribution in [3.05, 3.63) is 47.7 Å². The lowest BCUT2D eigenvalue weighted by molar-refractivity contribution is -0.128. The van der Waals surface area contributed by atoms with Gasteiger partial charge in [0.2, 0.25) is 0 Å². The Morgan fingerprint density at radius 1 is 1.38 bits per heavy atom. The zero-order valence-electron chi connectivity index (χ0n) is 19.7. The van der Waals surface area contributed by atoms with Crippen LogP contribution >= 0.6 is 0 Å². The van der Waals surface area contributed by atoms with Crippen molar-refractivity contribution in [2.45, 2.75) is 52.0 Å². The SMILES string of the molecule is CC(C)(C)C=C(C#N)C(=O)N1CCC[C@@H]1COC(=O)NC(Cc1coc2ccccc12)B(O)O. The molecule has 3 N–H and O–H groups in total. The van der Waals surface area contributed by atoms with Gasteiger partial charge in [0.15, 0.2) is 0 Å². The average Bonchev–Trinajstić information content (AvgIpc) is 3.41. The van der Waals surface area contributed by atoms with E-state index in [1.165, 1.54) is 6.26 Å². The first-order chi connectivity index (χ1) is 16.1. The largest absolute Gasteiger partial charge is 0.475 e. The van der Waals surface area contributed by atoms with Gasteiger partial charge in [0.1, 0.15) is 23.8 Å². The van der Waals surface area contributed by atoms with Crippen LogP contribution in [0.4, 0.5) is 4.79 Å². The first-order valence-electron chi connectivity index (χ1n) is 11.3. The van der Waals surface area contributed by atoms with Crippen LogP contribution in [0.25, 0.3) is 11.0 Å². The lowest BCUT2D eigenvalue weighted by atomic mass is 9.76. The van der Waals surface area contributed by atoms with Crippen LogP contribution < -0.4 is 5.32 Å². The van der Waals surface area contributed by atoms with E-state index in [0.29, 0.717) is 18.5 Å². The maximum Gasteiger partial charge on any atom is 0.475 e. The highest BCUT2D eigenvalue weighted by atomic mass is 16.5. The Kier molecular flexibility index (Phi) is 8.02. The van der Waals surface area contributed by atoms with Crippen molar-refractivity contribution in [3.63, 3.8) is 0 Å². The van der Waals surface area contributed by atoms with Gasteiger partial charge in [0.25, 0.3) is 5.91 Å². The fraction of sp³-hybridized carbons (Fsp3) is 0.458. The van der Waals surface area contributed by atoms with Gasteiger partial charge >= 0.3 is 13.2 Å². The lowest BCUT2D eigenvalue weighted by Crippen LogP contribution is -2.49. The van der Waals surface area contributed by atoms with Gasteiger partial charge in [0.05, 0.1) is 18.2 Å². The van der Waals surface area contributed by atoms with Gasteiger partial charge in [-0.3, -0.25) is 4.79 Å². The van der Waals surface area contributed by atoms with Gasteiger partial charge in [-0.15, -0.1) is 0 Å². The van der Waals surface area contributed by atoms with Gasteiger partial charge in [-0.05, 0) is 36.3 Å². The molecule has 1 aliphatic heterocycles. The summed E-state index contributed by atoms with van der Waals surface area (Å²) in [5.74, 6) is -1.39. The molecule has 0 radical (unpaired) electrons. The summed E-state index contributed by atoms with van der Waals surface area (Å²) in [6.07, 6.45) is 3.84. The van der Waals surface area contributed by atoms with E-state index in [1.807, 2.05) is 45.0 Å². The predicted octanol–water partition coefficient (Wildman–Crippen LogP) is 2.57. The molecule has 1 aromatic carbocycles. The monoisotopic (exact) mass is 467 g/mol. The van der Waals surface area contributed by atoms with Crippen LogP contribution in [0.15, 0.2) is 46.6 Å². The van der Waals surface area contributed by atoms with Crippen molar-refractivity contribution >= 4 is 30.1 Å². The van der Waals surface area contributed by atoms with Gasteiger partial charge in [0, 0.05) is 11.9 Å². The number of ether oxygens (including phenoxy) is 1. The van der Waals surface area contributed by atoms with E-state index in [4.69, 9.17) is 9.15 Å². The Balaban J connectivity index is 1.59. The van der Waals surface area contributed by atoms with E-state index >= 15 is 0 Å². The minimum absolute atomic E-state index is 0.0608. The number of nitrogens with one attached hydrogen (secondary N) is 1. The third kappa shape index (κ3) is 6.40. The second-order valence-corrected chi connectivity index (χ2v) is 9.55. The molecule has 1 unspecified atom stereocenters. The van der Waals surface area contributed by atoms with Crippen molar-refractivity contribution < 1.29 is 28.8 Å².